The molecule has 0 fully saturated rings. The van der Waals surface area contributed by atoms with E-state index in [1.807, 2.05) is 37.3 Å². The van der Waals surface area contributed by atoms with Gasteiger partial charge < -0.3 is 4.55 Å². The first-order chi connectivity index (χ1) is 6.18. The first-order valence-corrected chi connectivity index (χ1v) is 5.57. The molecule has 0 saturated heterocycles. The van der Waals surface area contributed by atoms with Crippen LogP contribution in [0.4, 0.5) is 0 Å². The van der Waals surface area contributed by atoms with Gasteiger partial charge in [0.1, 0.15) is 0 Å². The van der Waals surface area contributed by atoms with E-state index in [1.165, 1.54) is 5.56 Å². The zero-order chi connectivity index (χ0) is 9.68. The molecule has 1 aromatic carbocycles. The van der Waals surface area contributed by atoms with Crippen LogP contribution in [0.3, 0.4) is 0 Å². The first-order valence-electron chi connectivity index (χ1n) is 4.30. The van der Waals surface area contributed by atoms with Gasteiger partial charge in [-0.2, -0.15) is 0 Å². The normalized spacial score (nSPS) is 15.2. The van der Waals surface area contributed by atoms with Crippen molar-refractivity contribution >= 4 is 11.1 Å². The summed E-state index contributed by atoms with van der Waals surface area (Å²) in [7, 11) is 0. The van der Waals surface area contributed by atoms with Crippen LogP contribution in [0.2, 0.25) is 0 Å². The average Bonchev–Trinajstić information content (AvgIpc) is 2.04. The molecule has 2 atom stereocenters. The van der Waals surface area contributed by atoms with E-state index in [0.717, 1.165) is 6.42 Å². The quantitative estimate of drug-likeness (QED) is 0.752. The minimum absolute atomic E-state index is 0.258. The minimum atomic E-state index is -1.67. The van der Waals surface area contributed by atoms with Crippen LogP contribution in [-0.2, 0) is 17.5 Å². The molecule has 0 bridgehead atoms. The van der Waals surface area contributed by atoms with E-state index in [4.69, 9.17) is 4.55 Å². The van der Waals surface area contributed by atoms with E-state index in [9.17, 15) is 4.21 Å². The Labute approximate surface area is 81.3 Å². The van der Waals surface area contributed by atoms with Gasteiger partial charge in [0.05, 0.1) is 5.75 Å². The number of hydrogen-bond donors (Lipinski definition) is 1. The average molecular weight is 198 g/mol. The summed E-state index contributed by atoms with van der Waals surface area (Å²) in [5.41, 5.74) is 1.22. The van der Waals surface area contributed by atoms with Crippen LogP contribution >= 0.6 is 0 Å². The zero-order valence-corrected chi connectivity index (χ0v) is 8.46. The molecule has 0 radical (unpaired) electrons. The maximum absolute atomic E-state index is 10.5. The Bertz CT molecular complexity index is 272. The van der Waals surface area contributed by atoms with Crippen molar-refractivity contribution in [2.24, 2.45) is 5.92 Å². The van der Waals surface area contributed by atoms with E-state index in [-0.39, 0.29) is 5.92 Å². The summed E-state index contributed by atoms with van der Waals surface area (Å²) in [6.07, 6.45) is 0.868. The summed E-state index contributed by atoms with van der Waals surface area (Å²) in [4.78, 5) is 0. The third-order valence-electron chi connectivity index (χ3n) is 1.85. The Kier molecular flexibility index (Phi) is 4.12. The molecule has 3 heteroatoms. The second-order valence-electron chi connectivity index (χ2n) is 3.28. The molecule has 1 N–H and O–H groups in total. The summed E-state index contributed by atoms with van der Waals surface area (Å²) in [6, 6.07) is 10.0. The maximum Gasteiger partial charge on any atom is 0.153 e. The summed E-state index contributed by atoms with van der Waals surface area (Å²) >= 11 is -1.67. The Morgan fingerprint density at radius 1 is 1.38 bits per heavy atom. The largest absolute Gasteiger partial charge is 0.306 e. The molecular weight excluding hydrogens is 184 g/mol. The fraction of sp³-hybridized carbons (Fsp3) is 0.400. The highest BCUT2D eigenvalue weighted by molar-refractivity contribution is 7.79. The van der Waals surface area contributed by atoms with Gasteiger partial charge >= 0.3 is 0 Å². The predicted molar refractivity (Wildman–Crippen MR) is 54.9 cm³/mol. The highest BCUT2D eigenvalue weighted by Crippen LogP contribution is 2.08. The van der Waals surface area contributed by atoms with Gasteiger partial charge in [-0.05, 0) is 17.9 Å². The van der Waals surface area contributed by atoms with Crippen molar-refractivity contribution in [3.8, 4) is 0 Å². The number of rotatable bonds is 4. The first kappa shape index (κ1) is 10.4. The third-order valence-corrected chi connectivity index (χ3v) is 2.71. The van der Waals surface area contributed by atoms with Gasteiger partial charge in [0, 0.05) is 0 Å². The molecule has 0 aliphatic carbocycles. The van der Waals surface area contributed by atoms with Crippen molar-refractivity contribution in [3.63, 3.8) is 0 Å². The lowest BCUT2D eigenvalue weighted by molar-refractivity contribution is 0.542. The predicted octanol–water partition coefficient (Wildman–Crippen LogP) is 2.09. The van der Waals surface area contributed by atoms with Crippen molar-refractivity contribution in [1.82, 2.24) is 0 Å². The van der Waals surface area contributed by atoms with E-state index in [1.54, 1.807) is 0 Å². The lowest BCUT2D eigenvalue weighted by Crippen LogP contribution is -2.09. The van der Waals surface area contributed by atoms with Gasteiger partial charge in [-0.1, -0.05) is 37.3 Å². The summed E-state index contributed by atoms with van der Waals surface area (Å²) in [5.74, 6) is 0.614. The van der Waals surface area contributed by atoms with Crippen LogP contribution in [0.1, 0.15) is 12.5 Å². The van der Waals surface area contributed by atoms with Crippen molar-refractivity contribution in [2.45, 2.75) is 13.3 Å². The van der Waals surface area contributed by atoms with E-state index in [2.05, 4.69) is 0 Å². The highest BCUT2D eigenvalue weighted by atomic mass is 32.2. The minimum Gasteiger partial charge on any atom is -0.306 e. The lowest BCUT2D eigenvalue weighted by atomic mass is 10.0. The Hall–Kier alpha value is -0.670. The van der Waals surface area contributed by atoms with Crippen LogP contribution in [-0.4, -0.2) is 14.5 Å². The summed E-state index contributed by atoms with van der Waals surface area (Å²) < 4.78 is 19.2. The van der Waals surface area contributed by atoms with Gasteiger partial charge in [-0.25, -0.2) is 4.21 Å². The number of benzene rings is 1. The lowest BCUT2D eigenvalue weighted by Gasteiger charge is -2.07. The van der Waals surface area contributed by atoms with Crippen LogP contribution in [0.5, 0.6) is 0 Å². The zero-order valence-electron chi connectivity index (χ0n) is 7.64. The van der Waals surface area contributed by atoms with Gasteiger partial charge in [-0.15, -0.1) is 0 Å². The topological polar surface area (TPSA) is 37.3 Å². The molecular formula is C10H14O2S. The highest BCUT2D eigenvalue weighted by Gasteiger charge is 2.06. The van der Waals surface area contributed by atoms with Crippen molar-refractivity contribution < 1.29 is 8.76 Å². The van der Waals surface area contributed by atoms with E-state index in [0.29, 0.717) is 5.75 Å². The van der Waals surface area contributed by atoms with Crippen LogP contribution in [0.25, 0.3) is 0 Å². The smallest absolute Gasteiger partial charge is 0.153 e. The molecule has 0 spiro atoms. The molecule has 0 aromatic heterocycles. The molecule has 1 aromatic rings. The molecule has 0 aliphatic rings. The second-order valence-corrected chi connectivity index (χ2v) is 4.26. The molecule has 1 rings (SSSR count). The molecule has 13 heavy (non-hydrogen) atoms. The van der Waals surface area contributed by atoms with Crippen molar-refractivity contribution in [3.05, 3.63) is 35.9 Å². The van der Waals surface area contributed by atoms with Gasteiger partial charge in [0.2, 0.25) is 0 Å². The fourth-order valence-corrected chi connectivity index (χ4v) is 1.92. The Morgan fingerprint density at radius 2 is 2.00 bits per heavy atom. The fourth-order valence-electron chi connectivity index (χ4n) is 1.32. The van der Waals surface area contributed by atoms with Gasteiger partial charge in [0.15, 0.2) is 11.1 Å². The molecule has 0 saturated carbocycles. The molecule has 72 valence electrons. The van der Waals surface area contributed by atoms with Crippen molar-refractivity contribution in [2.75, 3.05) is 5.75 Å². The second kappa shape index (κ2) is 5.14. The molecule has 2 unspecified atom stereocenters. The standard InChI is InChI=1S/C10H14O2S/c1-9(8-13(11)12)7-10-5-3-2-4-6-10/h2-6,9H,7-8H2,1H3,(H,11,12). The van der Waals surface area contributed by atoms with Crippen molar-refractivity contribution in [1.29, 1.82) is 0 Å². The number of hydrogen-bond acceptors (Lipinski definition) is 1. The van der Waals surface area contributed by atoms with E-state index < -0.39 is 11.1 Å². The van der Waals surface area contributed by atoms with Crippen LogP contribution in [0.15, 0.2) is 30.3 Å². The van der Waals surface area contributed by atoms with Crippen LogP contribution < -0.4 is 0 Å². The Morgan fingerprint density at radius 3 is 2.54 bits per heavy atom. The van der Waals surface area contributed by atoms with Gasteiger partial charge in [-0.3, -0.25) is 0 Å². The molecule has 2 nitrogen and oxygen atoms in total. The molecule has 0 aliphatic heterocycles. The van der Waals surface area contributed by atoms with E-state index >= 15 is 0 Å². The SMILES string of the molecule is CC(Cc1ccccc1)CS(=O)O. The summed E-state index contributed by atoms with van der Waals surface area (Å²) in [6.45, 7) is 1.99. The van der Waals surface area contributed by atoms with Gasteiger partial charge in [0.25, 0.3) is 0 Å². The van der Waals surface area contributed by atoms with Crippen LogP contribution in [0, 0.1) is 5.92 Å². The Balaban J connectivity index is 2.45. The monoisotopic (exact) mass is 198 g/mol. The molecule has 0 heterocycles. The summed E-state index contributed by atoms with van der Waals surface area (Å²) in [5, 5.41) is 0. The maximum atomic E-state index is 10.5. The molecule has 0 amide bonds. The third kappa shape index (κ3) is 4.20.